The van der Waals surface area contributed by atoms with Crippen LogP contribution >= 0.6 is 0 Å². The molecular weight excluding hydrogens is 371 g/mol. The fourth-order valence-corrected chi connectivity index (χ4v) is 3.63. The number of ketones is 1. The molecule has 1 atom stereocenters. The Balaban J connectivity index is 1.90. The van der Waals surface area contributed by atoms with Gasteiger partial charge in [0.05, 0.1) is 17.2 Å². The lowest BCUT2D eigenvalue weighted by molar-refractivity contribution is -0.236. The highest BCUT2D eigenvalue weighted by atomic mass is 19.3. The molecule has 1 unspecified atom stereocenters. The Morgan fingerprint density at radius 3 is 2.52 bits per heavy atom. The molecule has 2 aromatic rings. The number of rotatable bonds is 2. The molecule has 9 heteroatoms. The summed E-state index contributed by atoms with van der Waals surface area (Å²) in [4.78, 5) is 12.3. The Hall–Kier alpha value is -2.99. The summed E-state index contributed by atoms with van der Waals surface area (Å²) in [5, 5.41) is 8.87. The lowest BCUT2D eigenvalue weighted by atomic mass is 9.91. The third-order valence-electron chi connectivity index (χ3n) is 4.85. The van der Waals surface area contributed by atoms with Gasteiger partial charge in [0.15, 0.2) is 5.78 Å². The van der Waals surface area contributed by atoms with Crippen molar-refractivity contribution in [2.24, 2.45) is 5.73 Å². The number of Topliss-reactive ketones (excluding diaryl/α,β-unsaturated/α-hetero) is 1. The zero-order chi connectivity index (χ0) is 19.8. The van der Waals surface area contributed by atoms with E-state index in [2.05, 4.69) is 0 Å². The molecule has 0 heterocycles. The van der Waals surface area contributed by atoms with Crippen molar-refractivity contribution in [2.75, 3.05) is 0 Å². The van der Waals surface area contributed by atoms with Crippen molar-refractivity contribution in [2.45, 2.75) is 23.8 Å². The van der Waals surface area contributed by atoms with Crippen molar-refractivity contribution in [3.05, 3.63) is 58.4 Å². The van der Waals surface area contributed by atoms with Crippen LogP contribution in [-0.2, 0) is 11.5 Å². The molecule has 2 aromatic carbocycles. The van der Waals surface area contributed by atoms with E-state index in [1.165, 1.54) is 0 Å². The number of ether oxygens (including phenoxy) is 1. The largest absolute Gasteiger partial charge is 0.456 e. The minimum atomic E-state index is -4.66. The summed E-state index contributed by atoms with van der Waals surface area (Å²) in [6, 6.07) is 6.35. The standard InChI is InChI=1S/C18H9F5N2O2/c19-9-3-8(7-24)4-10(5-9)27-13-2-1-11-15-14(13)12(26)6-16(15,25)18(22,23)17(11,20)21/h1-5H,6,25H2. The first-order valence-electron chi connectivity index (χ1n) is 7.67. The number of nitrogens with two attached hydrogens (primary N) is 1. The Kier molecular flexibility index (Phi) is 3.26. The number of carbonyl (C=O) groups is 1. The third kappa shape index (κ3) is 2.01. The minimum absolute atomic E-state index is 0.0832. The first-order chi connectivity index (χ1) is 12.5. The Morgan fingerprint density at radius 1 is 1.15 bits per heavy atom. The second-order valence-corrected chi connectivity index (χ2v) is 6.47. The van der Waals surface area contributed by atoms with Crippen LogP contribution in [0.2, 0.25) is 0 Å². The summed E-state index contributed by atoms with van der Waals surface area (Å²) in [7, 11) is 0. The molecule has 0 bridgehead atoms. The fourth-order valence-electron chi connectivity index (χ4n) is 3.63. The van der Waals surface area contributed by atoms with Gasteiger partial charge < -0.3 is 10.5 Å². The van der Waals surface area contributed by atoms with Crippen LogP contribution in [0.25, 0.3) is 0 Å². The monoisotopic (exact) mass is 380 g/mol. The quantitative estimate of drug-likeness (QED) is 0.800. The predicted octanol–water partition coefficient (Wildman–Crippen LogP) is 3.97. The van der Waals surface area contributed by atoms with E-state index >= 15 is 0 Å². The van der Waals surface area contributed by atoms with E-state index in [4.69, 9.17) is 15.7 Å². The molecule has 138 valence electrons. The molecule has 0 aromatic heterocycles. The smallest absolute Gasteiger partial charge is 0.337 e. The SMILES string of the molecule is N#Cc1cc(F)cc(Oc2ccc3c4c2C(=O)CC4(N)C(F)(F)C3(F)F)c1. The van der Waals surface area contributed by atoms with Crippen LogP contribution in [0.1, 0.15) is 33.5 Å². The van der Waals surface area contributed by atoms with Gasteiger partial charge in [0.25, 0.3) is 0 Å². The molecule has 2 aliphatic carbocycles. The number of alkyl halides is 4. The molecule has 0 amide bonds. The van der Waals surface area contributed by atoms with Crippen molar-refractivity contribution in [3.8, 4) is 17.6 Å². The molecule has 0 fully saturated rings. The average molecular weight is 380 g/mol. The predicted molar refractivity (Wildman–Crippen MR) is 81.3 cm³/mol. The number of nitrogens with zero attached hydrogens (tertiary/aromatic N) is 1. The van der Waals surface area contributed by atoms with E-state index in [9.17, 15) is 26.7 Å². The second-order valence-electron chi connectivity index (χ2n) is 6.47. The van der Waals surface area contributed by atoms with Crippen molar-refractivity contribution >= 4 is 5.78 Å². The molecule has 0 spiro atoms. The first kappa shape index (κ1) is 17.4. The number of hydrogen-bond acceptors (Lipinski definition) is 4. The molecule has 4 rings (SSSR count). The van der Waals surface area contributed by atoms with Gasteiger partial charge in [-0.2, -0.15) is 22.8 Å². The molecular formula is C18H9F5N2O2. The van der Waals surface area contributed by atoms with E-state index < -0.39 is 52.1 Å². The summed E-state index contributed by atoms with van der Waals surface area (Å²) in [5.74, 6) is -11.4. The number of benzene rings is 2. The zero-order valence-corrected chi connectivity index (χ0v) is 13.3. The number of nitriles is 1. The van der Waals surface area contributed by atoms with Crippen LogP contribution in [-0.4, -0.2) is 11.7 Å². The molecule has 2 aliphatic rings. The van der Waals surface area contributed by atoms with Gasteiger partial charge in [-0.25, -0.2) is 4.39 Å². The molecule has 0 radical (unpaired) electrons. The maximum atomic E-state index is 14.3. The van der Waals surface area contributed by atoms with Crippen molar-refractivity contribution in [1.82, 2.24) is 0 Å². The van der Waals surface area contributed by atoms with Crippen molar-refractivity contribution in [3.63, 3.8) is 0 Å². The van der Waals surface area contributed by atoms with E-state index in [1.807, 2.05) is 0 Å². The summed E-state index contributed by atoms with van der Waals surface area (Å²) < 4.78 is 76.0. The summed E-state index contributed by atoms with van der Waals surface area (Å²) in [6.45, 7) is 0. The number of halogens is 5. The Morgan fingerprint density at radius 2 is 1.85 bits per heavy atom. The van der Waals surface area contributed by atoms with E-state index in [1.54, 1.807) is 6.07 Å². The van der Waals surface area contributed by atoms with E-state index in [0.29, 0.717) is 0 Å². The second kappa shape index (κ2) is 5.04. The fraction of sp³-hybridized carbons (Fsp3) is 0.222. The number of hydrogen-bond donors (Lipinski definition) is 1. The summed E-state index contributed by atoms with van der Waals surface area (Å²) >= 11 is 0. The van der Waals surface area contributed by atoms with Crippen molar-refractivity contribution in [1.29, 1.82) is 5.26 Å². The molecule has 2 N–H and O–H groups in total. The first-order valence-corrected chi connectivity index (χ1v) is 7.67. The van der Waals surface area contributed by atoms with Gasteiger partial charge >= 0.3 is 11.8 Å². The van der Waals surface area contributed by atoms with Gasteiger partial charge in [-0.05, 0) is 24.3 Å². The molecule has 27 heavy (non-hydrogen) atoms. The van der Waals surface area contributed by atoms with Crippen LogP contribution in [0, 0.1) is 17.1 Å². The summed E-state index contributed by atoms with van der Waals surface area (Å²) in [5.41, 5.74) is 0.495. The highest BCUT2D eigenvalue weighted by Crippen LogP contribution is 2.64. The van der Waals surface area contributed by atoms with Crippen LogP contribution in [0.15, 0.2) is 30.3 Å². The Labute approximate surface area is 149 Å². The molecule has 0 saturated carbocycles. The zero-order valence-electron chi connectivity index (χ0n) is 13.3. The highest BCUT2D eigenvalue weighted by molar-refractivity contribution is 6.06. The van der Waals surface area contributed by atoms with Crippen LogP contribution < -0.4 is 10.5 Å². The normalized spacial score (nSPS) is 23.8. The van der Waals surface area contributed by atoms with Crippen molar-refractivity contribution < 1.29 is 31.5 Å². The van der Waals surface area contributed by atoms with Gasteiger partial charge in [-0.1, -0.05) is 0 Å². The highest BCUT2D eigenvalue weighted by Gasteiger charge is 2.77. The molecule has 0 aliphatic heterocycles. The average Bonchev–Trinajstić information content (AvgIpc) is 2.92. The molecule has 4 nitrogen and oxygen atoms in total. The van der Waals surface area contributed by atoms with E-state index in [0.717, 1.165) is 30.3 Å². The third-order valence-corrected chi connectivity index (χ3v) is 4.85. The van der Waals surface area contributed by atoms with Crippen LogP contribution in [0.5, 0.6) is 11.5 Å². The Bertz CT molecular complexity index is 1060. The topological polar surface area (TPSA) is 76.1 Å². The minimum Gasteiger partial charge on any atom is -0.456 e. The van der Waals surface area contributed by atoms with Crippen LogP contribution in [0.4, 0.5) is 22.0 Å². The van der Waals surface area contributed by atoms with Gasteiger partial charge in [-0.3, -0.25) is 4.79 Å². The van der Waals surface area contributed by atoms with Gasteiger partial charge in [0.1, 0.15) is 22.9 Å². The number of carbonyl (C=O) groups excluding carboxylic acids is 1. The van der Waals surface area contributed by atoms with Gasteiger partial charge in [0.2, 0.25) is 0 Å². The lowest BCUT2D eigenvalue weighted by Crippen LogP contribution is -2.54. The van der Waals surface area contributed by atoms with Crippen LogP contribution in [0.3, 0.4) is 0 Å². The molecule has 0 saturated heterocycles. The maximum Gasteiger partial charge on any atom is 0.337 e. The van der Waals surface area contributed by atoms with Gasteiger partial charge in [-0.15, -0.1) is 0 Å². The van der Waals surface area contributed by atoms with Gasteiger partial charge in [0, 0.05) is 23.6 Å². The summed E-state index contributed by atoms with van der Waals surface area (Å²) in [6.07, 6.45) is -1.01. The van der Waals surface area contributed by atoms with E-state index in [-0.39, 0.29) is 17.1 Å². The lowest BCUT2D eigenvalue weighted by Gasteiger charge is -2.30. The maximum absolute atomic E-state index is 14.3.